The van der Waals surface area contributed by atoms with Crippen LogP contribution >= 0.6 is 7.37 Å². The quantitative estimate of drug-likeness (QED) is 0.589. The minimum Gasteiger partial charge on any atom is -0.481 e. The predicted octanol–water partition coefficient (Wildman–Crippen LogP) is 2.56. The monoisotopic (exact) mass is 344 g/mol. The van der Waals surface area contributed by atoms with E-state index in [-0.39, 0.29) is 12.8 Å². The minimum atomic E-state index is -4.08. The first kappa shape index (κ1) is 19.4. The summed E-state index contributed by atoms with van der Waals surface area (Å²) in [6, 6.07) is 8.36. The Morgan fingerprint density at radius 1 is 1.22 bits per heavy atom. The van der Waals surface area contributed by atoms with Crippen molar-refractivity contribution < 1.29 is 34.0 Å². The topological polar surface area (TPSA) is 121 Å². The molecule has 0 aliphatic heterocycles. The van der Waals surface area contributed by atoms with Crippen LogP contribution in [0.2, 0.25) is 0 Å². The SMILES string of the molecule is COC(c1ccccc1)P(=O)(O)C(C)C(CCC(=O)O)C(=O)O. The average Bonchev–Trinajstić information content (AvgIpc) is 2.48. The van der Waals surface area contributed by atoms with Gasteiger partial charge in [-0.05, 0) is 12.0 Å². The zero-order chi connectivity index (χ0) is 17.6. The highest BCUT2D eigenvalue weighted by Crippen LogP contribution is 2.61. The summed E-state index contributed by atoms with van der Waals surface area (Å²) in [5.74, 6) is -4.85. The Labute approximate surface area is 134 Å². The fourth-order valence-corrected chi connectivity index (χ4v) is 4.56. The van der Waals surface area contributed by atoms with Crippen LogP contribution in [0.25, 0.3) is 0 Å². The number of carbonyl (C=O) groups is 2. The maximum Gasteiger partial charge on any atom is 0.307 e. The van der Waals surface area contributed by atoms with Gasteiger partial charge in [0.1, 0.15) is 0 Å². The first-order valence-corrected chi connectivity index (χ1v) is 8.86. The van der Waals surface area contributed by atoms with Crippen molar-refractivity contribution in [2.75, 3.05) is 7.11 Å². The van der Waals surface area contributed by atoms with Gasteiger partial charge in [-0.25, -0.2) is 0 Å². The van der Waals surface area contributed by atoms with Crippen molar-refractivity contribution in [3.05, 3.63) is 35.9 Å². The van der Waals surface area contributed by atoms with Crippen molar-refractivity contribution in [1.82, 2.24) is 0 Å². The predicted molar refractivity (Wildman–Crippen MR) is 83.5 cm³/mol. The van der Waals surface area contributed by atoms with Gasteiger partial charge < -0.3 is 19.8 Å². The van der Waals surface area contributed by atoms with Gasteiger partial charge in [0.05, 0.1) is 5.92 Å². The number of carboxylic acid groups (broad SMARTS) is 2. The summed E-state index contributed by atoms with van der Waals surface area (Å²) in [4.78, 5) is 32.5. The second kappa shape index (κ2) is 8.24. The third-order valence-electron chi connectivity index (χ3n) is 3.80. The van der Waals surface area contributed by atoms with E-state index in [4.69, 9.17) is 9.84 Å². The first-order valence-electron chi connectivity index (χ1n) is 7.06. The molecule has 0 spiro atoms. The van der Waals surface area contributed by atoms with Crippen molar-refractivity contribution >= 4 is 19.3 Å². The molecule has 0 aliphatic carbocycles. The van der Waals surface area contributed by atoms with Gasteiger partial charge in [-0.3, -0.25) is 14.2 Å². The Bertz CT molecular complexity index is 587. The Morgan fingerprint density at radius 2 is 1.78 bits per heavy atom. The molecule has 1 rings (SSSR count). The summed E-state index contributed by atoms with van der Waals surface area (Å²) in [6.45, 7) is 1.34. The van der Waals surface area contributed by atoms with E-state index in [1.807, 2.05) is 0 Å². The van der Waals surface area contributed by atoms with Crippen LogP contribution in [0.5, 0.6) is 0 Å². The lowest BCUT2D eigenvalue weighted by Crippen LogP contribution is -2.28. The number of hydrogen-bond donors (Lipinski definition) is 3. The van der Waals surface area contributed by atoms with Crippen LogP contribution in [-0.2, 0) is 18.9 Å². The molecule has 0 fully saturated rings. The molecule has 0 bridgehead atoms. The zero-order valence-corrected chi connectivity index (χ0v) is 13.8. The van der Waals surface area contributed by atoms with Crippen molar-refractivity contribution in [3.8, 4) is 0 Å². The number of methoxy groups -OCH3 is 1. The lowest BCUT2D eigenvalue weighted by atomic mass is 10.0. The molecule has 0 amide bonds. The molecule has 1 aromatic rings. The van der Waals surface area contributed by atoms with E-state index in [0.717, 1.165) is 0 Å². The summed E-state index contributed by atoms with van der Waals surface area (Å²) < 4.78 is 18.0. The second-order valence-corrected chi connectivity index (χ2v) is 7.92. The zero-order valence-electron chi connectivity index (χ0n) is 13.0. The summed E-state index contributed by atoms with van der Waals surface area (Å²) in [5.41, 5.74) is -0.681. The number of hydrogen-bond acceptors (Lipinski definition) is 4. The number of benzene rings is 1. The molecular weight excluding hydrogens is 323 g/mol. The molecule has 0 aliphatic rings. The van der Waals surface area contributed by atoms with E-state index < -0.39 is 36.7 Å². The molecule has 1 aromatic carbocycles. The standard InChI is InChI=1S/C15H21O7P/c1-10(12(14(18)19)8-9-13(16)17)23(20,21)15(22-2)11-6-4-3-5-7-11/h3-7,10,12,15H,8-9H2,1-2H3,(H,16,17)(H,18,19)(H,20,21). The molecule has 4 unspecified atom stereocenters. The molecule has 128 valence electrons. The maximum atomic E-state index is 12.9. The fourth-order valence-electron chi connectivity index (χ4n) is 2.44. The lowest BCUT2D eigenvalue weighted by molar-refractivity contribution is -0.143. The Kier molecular flexibility index (Phi) is 6.94. The Hall–Kier alpha value is -1.69. The highest BCUT2D eigenvalue weighted by Gasteiger charge is 2.44. The van der Waals surface area contributed by atoms with E-state index in [0.29, 0.717) is 5.56 Å². The second-order valence-electron chi connectivity index (χ2n) is 5.29. The molecular formula is C15H21O7P. The molecule has 8 heteroatoms. The van der Waals surface area contributed by atoms with Crippen molar-refractivity contribution in [1.29, 1.82) is 0 Å². The molecule has 7 nitrogen and oxygen atoms in total. The fraction of sp³-hybridized carbons (Fsp3) is 0.467. The van der Waals surface area contributed by atoms with Gasteiger partial charge in [-0.1, -0.05) is 37.3 Å². The van der Waals surface area contributed by atoms with E-state index in [9.17, 15) is 24.2 Å². The first-order chi connectivity index (χ1) is 10.7. The molecule has 0 saturated carbocycles. The summed E-state index contributed by atoms with van der Waals surface area (Å²) in [7, 11) is -2.80. The average molecular weight is 344 g/mol. The highest BCUT2D eigenvalue weighted by atomic mass is 31.2. The highest BCUT2D eigenvalue weighted by molar-refractivity contribution is 7.59. The van der Waals surface area contributed by atoms with Crippen LogP contribution in [-0.4, -0.2) is 39.8 Å². The molecule has 23 heavy (non-hydrogen) atoms. The van der Waals surface area contributed by atoms with Crippen LogP contribution in [0.1, 0.15) is 31.2 Å². The normalized spacial score (nSPS) is 17.7. The van der Waals surface area contributed by atoms with Crippen molar-refractivity contribution in [2.24, 2.45) is 5.92 Å². The number of carboxylic acids is 2. The van der Waals surface area contributed by atoms with Crippen LogP contribution in [0.15, 0.2) is 30.3 Å². The van der Waals surface area contributed by atoms with E-state index >= 15 is 0 Å². The van der Waals surface area contributed by atoms with E-state index in [1.54, 1.807) is 30.3 Å². The smallest absolute Gasteiger partial charge is 0.307 e. The number of rotatable bonds is 9. The third-order valence-corrected chi connectivity index (χ3v) is 6.50. The number of aliphatic carboxylic acids is 2. The minimum absolute atomic E-state index is 0.221. The van der Waals surface area contributed by atoms with Crippen LogP contribution < -0.4 is 0 Å². The third kappa shape index (κ3) is 4.89. The summed E-state index contributed by atoms with van der Waals surface area (Å²) in [5, 5.41) is 18.0. The molecule has 0 aromatic heterocycles. The van der Waals surface area contributed by atoms with Gasteiger partial charge in [0.15, 0.2) is 5.85 Å². The van der Waals surface area contributed by atoms with Gasteiger partial charge in [-0.2, -0.15) is 0 Å². The summed E-state index contributed by atoms with van der Waals surface area (Å²) >= 11 is 0. The molecule has 4 atom stereocenters. The largest absolute Gasteiger partial charge is 0.481 e. The van der Waals surface area contributed by atoms with Crippen LogP contribution in [0, 0.1) is 5.92 Å². The van der Waals surface area contributed by atoms with Crippen LogP contribution in [0.3, 0.4) is 0 Å². The van der Waals surface area contributed by atoms with Gasteiger partial charge in [0.25, 0.3) is 0 Å². The van der Waals surface area contributed by atoms with Gasteiger partial charge in [-0.15, -0.1) is 0 Å². The van der Waals surface area contributed by atoms with Crippen LogP contribution in [0.4, 0.5) is 0 Å². The number of ether oxygens (including phenoxy) is 1. The molecule has 0 heterocycles. The van der Waals surface area contributed by atoms with Gasteiger partial charge in [0, 0.05) is 19.2 Å². The Morgan fingerprint density at radius 3 is 2.22 bits per heavy atom. The van der Waals surface area contributed by atoms with E-state index in [1.165, 1.54) is 14.0 Å². The van der Waals surface area contributed by atoms with E-state index in [2.05, 4.69) is 0 Å². The summed E-state index contributed by atoms with van der Waals surface area (Å²) in [6.07, 6.45) is -0.605. The van der Waals surface area contributed by atoms with Gasteiger partial charge >= 0.3 is 11.9 Å². The Balaban J connectivity index is 3.08. The molecule has 0 saturated heterocycles. The van der Waals surface area contributed by atoms with Gasteiger partial charge in [0.2, 0.25) is 7.37 Å². The van der Waals surface area contributed by atoms with Crippen molar-refractivity contribution in [3.63, 3.8) is 0 Å². The molecule has 3 N–H and O–H groups in total. The maximum absolute atomic E-state index is 12.9. The lowest BCUT2D eigenvalue weighted by Gasteiger charge is -2.30. The van der Waals surface area contributed by atoms with Crippen molar-refractivity contribution in [2.45, 2.75) is 31.3 Å². The molecule has 0 radical (unpaired) electrons.